The van der Waals surface area contributed by atoms with Crippen molar-refractivity contribution in [3.8, 4) is 0 Å². The SMILES string of the molecule is O=C(NC[C@H]1CCn2ncc(C(=O)N[C@H](CO)c3ccccc3)c2C1)c1cccnc1. The average molecular weight is 419 g/mol. The Morgan fingerprint density at radius 2 is 1.97 bits per heavy atom. The zero-order valence-corrected chi connectivity index (χ0v) is 17.1. The first-order valence-corrected chi connectivity index (χ1v) is 10.3. The molecule has 0 saturated heterocycles. The minimum Gasteiger partial charge on any atom is -0.394 e. The van der Waals surface area contributed by atoms with Crippen molar-refractivity contribution in [2.75, 3.05) is 13.2 Å². The Bertz CT molecular complexity index is 1040. The summed E-state index contributed by atoms with van der Waals surface area (Å²) in [7, 11) is 0. The third-order valence-corrected chi connectivity index (χ3v) is 5.59. The lowest BCUT2D eigenvalue weighted by Gasteiger charge is -2.24. The second kappa shape index (κ2) is 9.53. The maximum absolute atomic E-state index is 12.9. The van der Waals surface area contributed by atoms with Crippen molar-refractivity contribution >= 4 is 11.8 Å². The molecule has 3 N–H and O–H groups in total. The van der Waals surface area contributed by atoms with Gasteiger partial charge in [-0.15, -0.1) is 0 Å². The molecule has 0 bridgehead atoms. The van der Waals surface area contributed by atoms with Gasteiger partial charge in [0.2, 0.25) is 0 Å². The Morgan fingerprint density at radius 3 is 2.71 bits per heavy atom. The van der Waals surface area contributed by atoms with Gasteiger partial charge in [0.25, 0.3) is 11.8 Å². The highest BCUT2D eigenvalue weighted by Gasteiger charge is 2.26. The molecule has 4 rings (SSSR count). The van der Waals surface area contributed by atoms with E-state index in [1.807, 2.05) is 35.0 Å². The number of hydrogen-bond acceptors (Lipinski definition) is 5. The lowest BCUT2D eigenvalue weighted by atomic mass is 9.94. The molecule has 0 radical (unpaired) electrons. The number of hydrogen-bond donors (Lipinski definition) is 3. The summed E-state index contributed by atoms with van der Waals surface area (Å²) in [5.41, 5.74) is 2.74. The fraction of sp³-hybridized carbons (Fsp3) is 0.304. The molecule has 0 spiro atoms. The number of carbonyl (C=O) groups excluding carboxylic acids is 2. The lowest BCUT2D eigenvalue weighted by Crippen LogP contribution is -2.35. The number of aryl methyl sites for hydroxylation is 1. The van der Waals surface area contributed by atoms with Gasteiger partial charge in [-0.25, -0.2) is 0 Å². The predicted octanol–water partition coefficient (Wildman–Crippen LogP) is 1.73. The summed E-state index contributed by atoms with van der Waals surface area (Å²) in [5.74, 6) is -0.206. The van der Waals surface area contributed by atoms with Crippen molar-refractivity contribution in [3.63, 3.8) is 0 Å². The van der Waals surface area contributed by atoms with Crippen molar-refractivity contribution in [3.05, 3.63) is 83.4 Å². The Morgan fingerprint density at radius 1 is 1.13 bits per heavy atom. The number of nitrogens with zero attached hydrogens (tertiary/aromatic N) is 3. The predicted molar refractivity (Wildman–Crippen MR) is 114 cm³/mol. The van der Waals surface area contributed by atoms with E-state index in [9.17, 15) is 14.7 Å². The maximum atomic E-state index is 12.9. The van der Waals surface area contributed by atoms with E-state index in [-0.39, 0.29) is 24.3 Å². The number of aromatic nitrogens is 3. The number of aliphatic hydroxyl groups is 1. The molecule has 0 unspecified atom stereocenters. The summed E-state index contributed by atoms with van der Waals surface area (Å²) in [4.78, 5) is 29.2. The van der Waals surface area contributed by atoms with Crippen LogP contribution in [0.3, 0.4) is 0 Å². The van der Waals surface area contributed by atoms with E-state index in [0.717, 1.165) is 17.7 Å². The van der Waals surface area contributed by atoms with Crippen LogP contribution in [0.1, 0.15) is 44.4 Å². The monoisotopic (exact) mass is 419 g/mol. The quantitative estimate of drug-likeness (QED) is 0.540. The van der Waals surface area contributed by atoms with Gasteiger partial charge in [-0.1, -0.05) is 30.3 Å². The number of nitrogens with one attached hydrogen (secondary N) is 2. The van der Waals surface area contributed by atoms with Crippen molar-refractivity contribution in [2.45, 2.75) is 25.4 Å². The van der Waals surface area contributed by atoms with E-state index in [1.54, 1.807) is 24.5 Å². The molecule has 2 atom stereocenters. The van der Waals surface area contributed by atoms with Gasteiger partial charge >= 0.3 is 0 Å². The fourth-order valence-corrected chi connectivity index (χ4v) is 3.85. The van der Waals surface area contributed by atoms with Crippen LogP contribution in [0.25, 0.3) is 0 Å². The first-order valence-electron chi connectivity index (χ1n) is 10.3. The Labute approximate surface area is 180 Å². The van der Waals surface area contributed by atoms with Crippen LogP contribution in [0.5, 0.6) is 0 Å². The molecular weight excluding hydrogens is 394 g/mol. The Balaban J connectivity index is 1.40. The molecule has 31 heavy (non-hydrogen) atoms. The van der Waals surface area contributed by atoms with Gasteiger partial charge in [-0.3, -0.25) is 19.3 Å². The number of benzene rings is 1. The smallest absolute Gasteiger partial charge is 0.255 e. The van der Waals surface area contributed by atoms with Crippen molar-refractivity contribution < 1.29 is 14.7 Å². The minimum absolute atomic E-state index is 0.154. The van der Waals surface area contributed by atoms with Crippen LogP contribution >= 0.6 is 0 Å². The van der Waals surface area contributed by atoms with Gasteiger partial charge < -0.3 is 15.7 Å². The maximum Gasteiger partial charge on any atom is 0.255 e. The first-order chi connectivity index (χ1) is 15.2. The van der Waals surface area contributed by atoms with Crippen LogP contribution in [-0.2, 0) is 13.0 Å². The molecule has 3 aromatic rings. The number of aliphatic hydroxyl groups excluding tert-OH is 1. The molecule has 3 heterocycles. The molecule has 0 aliphatic carbocycles. The number of carbonyl (C=O) groups is 2. The minimum atomic E-state index is -0.484. The van der Waals surface area contributed by atoms with Crippen LogP contribution in [-0.4, -0.2) is 44.8 Å². The second-order valence-electron chi connectivity index (χ2n) is 7.66. The van der Waals surface area contributed by atoms with Gasteiger partial charge in [0.05, 0.1) is 35.7 Å². The molecule has 1 aliphatic rings. The Hall–Kier alpha value is -3.52. The first kappa shape index (κ1) is 20.7. The van der Waals surface area contributed by atoms with Gasteiger partial charge in [0.1, 0.15) is 0 Å². The summed E-state index contributed by atoms with van der Waals surface area (Å²) in [6.45, 7) is 1.02. The molecule has 1 aromatic carbocycles. The zero-order chi connectivity index (χ0) is 21.6. The van der Waals surface area contributed by atoms with Gasteiger partial charge in [0, 0.05) is 25.5 Å². The highest BCUT2D eigenvalue weighted by molar-refractivity contribution is 5.95. The topological polar surface area (TPSA) is 109 Å². The lowest BCUT2D eigenvalue weighted by molar-refractivity contribution is 0.0910. The molecular formula is C23H25N5O3. The van der Waals surface area contributed by atoms with E-state index in [1.165, 1.54) is 6.20 Å². The molecule has 8 heteroatoms. The van der Waals surface area contributed by atoms with Crippen molar-refractivity contribution in [1.29, 1.82) is 0 Å². The summed E-state index contributed by atoms with van der Waals surface area (Å²) < 4.78 is 1.85. The van der Waals surface area contributed by atoms with Gasteiger partial charge in [-0.05, 0) is 36.5 Å². The summed E-state index contributed by atoms with van der Waals surface area (Å²) in [5, 5.41) is 20.0. The highest BCUT2D eigenvalue weighted by Crippen LogP contribution is 2.23. The molecule has 0 fully saturated rings. The third-order valence-electron chi connectivity index (χ3n) is 5.59. The normalized spacial score (nSPS) is 16.2. The van der Waals surface area contributed by atoms with Crippen LogP contribution in [0.2, 0.25) is 0 Å². The van der Waals surface area contributed by atoms with E-state index < -0.39 is 6.04 Å². The second-order valence-corrected chi connectivity index (χ2v) is 7.66. The van der Waals surface area contributed by atoms with E-state index in [0.29, 0.717) is 30.6 Å². The van der Waals surface area contributed by atoms with Crippen LogP contribution in [0.4, 0.5) is 0 Å². The van der Waals surface area contributed by atoms with Crippen LogP contribution in [0, 0.1) is 5.92 Å². The van der Waals surface area contributed by atoms with Crippen LogP contribution < -0.4 is 10.6 Å². The fourth-order valence-electron chi connectivity index (χ4n) is 3.85. The zero-order valence-electron chi connectivity index (χ0n) is 17.1. The number of fused-ring (bicyclic) bond motifs is 1. The largest absolute Gasteiger partial charge is 0.394 e. The molecule has 8 nitrogen and oxygen atoms in total. The molecule has 2 aromatic heterocycles. The van der Waals surface area contributed by atoms with Gasteiger partial charge in [-0.2, -0.15) is 5.10 Å². The number of rotatable bonds is 7. The molecule has 0 saturated carbocycles. The summed E-state index contributed by atoms with van der Waals surface area (Å²) in [6.07, 6.45) is 6.26. The van der Waals surface area contributed by atoms with Crippen molar-refractivity contribution in [1.82, 2.24) is 25.4 Å². The molecule has 2 amide bonds. The van der Waals surface area contributed by atoms with Crippen LogP contribution in [0.15, 0.2) is 61.1 Å². The highest BCUT2D eigenvalue weighted by atomic mass is 16.3. The standard InChI is InChI=1S/C23H25N5O3/c29-15-20(17-5-2-1-3-6-17)27-23(31)19-14-26-28-10-8-16(11-21(19)28)12-25-22(30)18-7-4-9-24-13-18/h1-7,9,13-14,16,20,29H,8,10-12,15H2,(H,25,30)(H,27,31)/t16-,20+/m0/s1. The summed E-state index contributed by atoms with van der Waals surface area (Å²) >= 11 is 0. The number of pyridine rings is 1. The summed E-state index contributed by atoms with van der Waals surface area (Å²) in [6, 6.07) is 12.3. The van der Waals surface area contributed by atoms with Gasteiger partial charge in [0.15, 0.2) is 0 Å². The van der Waals surface area contributed by atoms with E-state index in [4.69, 9.17) is 0 Å². The average Bonchev–Trinajstić information content (AvgIpc) is 3.25. The molecule has 160 valence electrons. The Kier molecular flexibility index (Phi) is 6.37. The third kappa shape index (κ3) is 4.80. The number of amides is 2. The molecule has 1 aliphatic heterocycles. The van der Waals surface area contributed by atoms with Crippen molar-refractivity contribution in [2.24, 2.45) is 5.92 Å². The van der Waals surface area contributed by atoms with E-state index in [2.05, 4.69) is 20.7 Å². The van der Waals surface area contributed by atoms with E-state index >= 15 is 0 Å².